The molecule has 0 saturated carbocycles. The highest BCUT2D eigenvalue weighted by Crippen LogP contribution is 2.33. The van der Waals surface area contributed by atoms with E-state index in [0.717, 1.165) is 5.56 Å². The van der Waals surface area contributed by atoms with Gasteiger partial charge in [0.25, 0.3) is 0 Å². The van der Waals surface area contributed by atoms with Gasteiger partial charge >= 0.3 is 0 Å². The Morgan fingerprint density at radius 3 is 2.81 bits per heavy atom. The predicted octanol–water partition coefficient (Wildman–Crippen LogP) is 0.192. The zero-order valence-electron chi connectivity index (χ0n) is 12.1. The molecule has 1 heterocycles. The van der Waals surface area contributed by atoms with Crippen LogP contribution in [-0.4, -0.2) is 37.0 Å². The molecule has 0 N–H and O–H groups in total. The van der Waals surface area contributed by atoms with Gasteiger partial charge in [-0.3, -0.25) is 4.79 Å². The number of aliphatic carboxylic acids is 1. The summed E-state index contributed by atoms with van der Waals surface area (Å²) in [5.74, 6) is -0.917. The van der Waals surface area contributed by atoms with E-state index >= 15 is 0 Å². The largest absolute Gasteiger partial charge is 0.550 e. The lowest BCUT2D eigenvalue weighted by atomic mass is 10.1. The average molecular weight is 292 g/mol. The lowest BCUT2D eigenvalue weighted by Gasteiger charge is -2.20. The molecule has 1 aliphatic heterocycles. The molecular formula is C15H18NO5-. The van der Waals surface area contributed by atoms with E-state index in [4.69, 9.17) is 9.47 Å². The lowest BCUT2D eigenvalue weighted by Crippen LogP contribution is -2.33. The molecule has 6 heteroatoms. The van der Waals surface area contributed by atoms with Crippen LogP contribution in [0.15, 0.2) is 18.2 Å². The van der Waals surface area contributed by atoms with E-state index in [1.165, 1.54) is 4.90 Å². The number of ether oxygens (including phenoxy) is 2. The Kier molecular flexibility index (Phi) is 4.67. The van der Waals surface area contributed by atoms with Crippen molar-refractivity contribution >= 4 is 11.9 Å². The van der Waals surface area contributed by atoms with Crippen molar-refractivity contribution in [2.75, 3.05) is 20.3 Å². The number of nitrogens with zero attached hydrogens (tertiary/aromatic N) is 1. The summed E-state index contributed by atoms with van der Waals surface area (Å²) in [5, 5.41) is 10.9. The second kappa shape index (κ2) is 6.47. The van der Waals surface area contributed by atoms with Gasteiger partial charge in [-0.2, -0.15) is 0 Å². The fourth-order valence-electron chi connectivity index (χ4n) is 2.44. The number of carbonyl (C=O) groups is 2. The Labute approximate surface area is 123 Å². The van der Waals surface area contributed by atoms with Crippen LogP contribution in [-0.2, 0) is 16.1 Å². The van der Waals surface area contributed by atoms with Crippen molar-refractivity contribution in [2.24, 2.45) is 5.92 Å². The van der Waals surface area contributed by atoms with E-state index < -0.39 is 11.9 Å². The Hall–Kier alpha value is -2.24. The van der Waals surface area contributed by atoms with Crippen LogP contribution in [0.5, 0.6) is 11.5 Å². The number of hydrogen-bond donors (Lipinski definition) is 0. The van der Waals surface area contributed by atoms with Crippen LogP contribution in [0.4, 0.5) is 0 Å². The maximum Gasteiger partial charge on any atom is 0.223 e. The molecule has 1 aromatic rings. The van der Waals surface area contributed by atoms with Crippen LogP contribution in [0, 0.1) is 5.92 Å². The van der Waals surface area contributed by atoms with E-state index in [1.807, 2.05) is 19.1 Å². The summed E-state index contributed by atoms with van der Waals surface area (Å²) in [4.78, 5) is 24.3. The van der Waals surface area contributed by atoms with Crippen molar-refractivity contribution in [1.29, 1.82) is 0 Å². The van der Waals surface area contributed by atoms with E-state index in [1.54, 1.807) is 13.2 Å². The first-order valence-corrected chi connectivity index (χ1v) is 6.84. The van der Waals surface area contributed by atoms with Gasteiger partial charge in [0.1, 0.15) is 0 Å². The van der Waals surface area contributed by atoms with Crippen LogP contribution in [0.25, 0.3) is 0 Å². The summed E-state index contributed by atoms with van der Waals surface area (Å²) >= 11 is 0. The van der Waals surface area contributed by atoms with Gasteiger partial charge in [-0.1, -0.05) is 12.1 Å². The Balaban J connectivity index is 2.19. The fourth-order valence-corrected chi connectivity index (χ4v) is 2.44. The second-order valence-corrected chi connectivity index (χ2v) is 4.88. The normalized spacial score (nSPS) is 17.9. The zero-order chi connectivity index (χ0) is 15.4. The first kappa shape index (κ1) is 15.2. The van der Waals surface area contributed by atoms with E-state index in [2.05, 4.69) is 0 Å². The molecule has 1 saturated heterocycles. The van der Waals surface area contributed by atoms with Gasteiger partial charge in [0.05, 0.1) is 13.7 Å². The summed E-state index contributed by atoms with van der Waals surface area (Å²) in [7, 11) is 1.55. The Bertz CT molecular complexity index is 543. The molecule has 1 aromatic carbocycles. The summed E-state index contributed by atoms with van der Waals surface area (Å²) in [6, 6.07) is 5.44. The van der Waals surface area contributed by atoms with Crippen LogP contribution < -0.4 is 14.6 Å². The van der Waals surface area contributed by atoms with E-state index in [0.29, 0.717) is 24.7 Å². The van der Waals surface area contributed by atoms with Crippen LogP contribution >= 0.6 is 0 Å². The quantitative estimate of drug-likeness (QED) is 0.748. The number of amides is 1. The van der Waals surface area contributed by atoms with Crippen molar-refractivity contribution < 1.29 is 24.2 Å². The number of methoxy groups -OCH3 is 1. The summed E-state index contributed by atoms with van der Waals surface area (Å²) in [5.41, 5.74) is 0.795. The fraction of sp³-hybridized carbons (Fsp3) is 0.467. The Morgan fingerprint density at radius 1 is 1.48 bits per heavy atom. The van der Waals surface area contributed by atoms with Gasteiger partial charge < -0.3 is 24.3 Å². The van der Waals surface area contributed by atoms with Gasteiger partial charge in [-0.05, 0) is 13.0 Å². The highest BCUT2D eigenvalue weighted by Gasteiger charge is 2.31. The van der Waals surface area contributed by atoms with Crippen molar-refractivity contribution in [3.63, 3.8) is 0 Å². The first-order valence-electron chi connectivity index (χ1n) is 6.84. The smallest absolute Gasteiger partial charge is 0.223 e. The molecule has 1 amide bonds. The molecule has 114 valence electrons. The molecule has 1 fully saturated rings. The monoisotopic (exact) mass is 292 g/mol. The predicted molar refractivity (Wildman–Crippen MR) is 72.7 cm³/mol. The number of carboxylic acid groups (broad SMARTS) is 1. The minimum Gasteiger partial charge on any atom is -0.550 e. The van der Waals surface area contributed by atoms with Crippen LogP contribution in [0.1, 0.15) is 18.9 Å². The number of para-hydroxylation sites is 1. The number of rotatable bonds is 6. The maximum absolute atomic E-state index is 11.9. The molecule has 0 radical (unpaired) electrons. The van der Waals surface area contributed by atoms with Crippen molar-refractivity contribution in [3.05, 3.63) is 23.8 Å². The molecular weight excluding hydrogens is 274 g/mol. The van der Waals surface area contributed by atoms with Gasteiger partial charge in [-0.15, -0.1) is 0 Å². The van der Waals surface area contributed by atoms with Gasteiger partial charge in [0.15, 0.2) is 11.5 Å². The zero-order valence-corrected chi connectivity index (χ0v) is 12.1. The van der Waals surface area contributed by atoms with Crippen molar-refractivity contribution in [1.82, 2.24) is 4.90 Å². The molecule has 0 aromatic heterocycles. The number of hydrogen-bond acceptors (Lipinski definition) is 5. The number of likely N-dealkylation sites (tertiary alicyclic amines) is 1. The summed E-state index contributed by atoms with van der Waals surface area (Å²) < 4.78 is 10.8. The van der Waals surface area contributed by atoms with Gasteiger partial charge in [0.2, 0.25) is 5.91 Å². The topological polar surface area (TPSA) is 78.9 Å². The third-order valence-corrected chi connectivity index (χ3v) is 3.48. The van der Waals surface area contributed by atoms with Gasteiger partial charge in [0, 0.05) is 37.0 Å². The van der Waals surface area contributed by atoms with E-state index in [-0.39, 0.29) is 18.9 Å². The molecule has 0 bridgehead atoms. The van der Waals surface area contributed by atoms with E-state index in [9.17, 15) is 14.7 Å². The third-order valence-electron chi connectivity index (χ3n) is 3.48. The maximum atomic E-state index is 11.9. The summed E-state index contributed by atoms with van der Waals surface area (Å²) in [6.07, 6.45) is -0.00370. The molecule has 21 heavy (non-hydrogen) atoms. The number of benzene rings is 1. The highest BCUT2D eigenvalue weighted by atomic mass is 16.5. The van der Waals surface area contributed by atoms with Crippen molar-refractivity contribution in [3.8, 4) is 11.5 Å². The standard InChI is InChI=1S/C15H19NO5/c1-3-21-14-10(5-4-6-12(14)20-2)8-16-9-11(15(18)19)7-13(16)17/h4-6,11H,3,7-9H2,1-2H3,(H,18,19)/p-1/t11-/m0/s1. The lowest BCUT2D eigenvalue weighted by molar-refractivity contribution is -0.311. The highest BCUT2D eigenvalue weighted by molar-refractivity contribution is 5.85. The molecule has 2 rings (SSSR count). The first-order chi connectivity index (χ1) is 10.1. The SMILES string of the molecule is CCOc1c(CN2C[C@@H](C(=O)[O-])CC2=O)cccc1OC. The third kappa shape index (κ3) is 3.26. The molecule has 0 spiro atoms. The number of carboxylic acids is 1. The summed E-state index contributed by atoms with van der Waals surface area (Å²) in [6.45, 7) is 2.81. The average Bonchev–Trinajstić information content (AvgIpc) is 2.82. The minimum absolute atomic E-state index is 0.00370. The van der Waals surface area contributed by atoms with Crippen molar-refractivity contribution in [2.45, 2.75) is 19.9 Å². The van der Waals surface area contributed by atoms with Gasteiger partial charge in [-0.25, -0.2) is 0 Å². The number of carbonyl (C=O) groups excluding carboxylic acids is 2. The molecule has 0 unspecified atom stereocenters. The molecule has 1 aliphatic rings. The second-order valence-electron chi connectivity index (χ2n) is 4.88. The van der Waals surface area contributed by atoms with Crippen LogP contribution in [0.2, 0.25) is 0 Å². The minimum atomic E-state index is -1.18. The molecule has 0 aliphatic carbocycles. The molecule has 1 atom stereocenters. The molecule has 6 nitrogen and oxygen atoms in total. The van der Waals surface area contributed by atoms with Crippen LogP contribution in [0.3, 0.4) is 0 Å². The Morgan fingerprint density at radius 2 is 2.24 bits per heavy atom.